The number of nitrogens with zero attached hydrogens (tertiary/aromatic N) is 1. The Labute approximate surface area is 112 Å². The topological polar surface area (TPSA) is 24.9 Å². The van der Waals surface area contributed by atoms with E-state index in [4.69, 9.17) is 4.98 Å². The number of nitrogens with one attached hydrogen (secondary N) is 1. The molecule has 2 aromatic rings. The number of hydrogen-bond donors (Lipinski definition) is 1. The second kappa shape index (κ2) is 4.98. The number of aromatic nitrogens is 1. The highest BCUT2D eigenvalue weighted by Gasteiger charge is 2.15. The molecule has 96 valence electrons. The summed E-state index contributed by atoms with van der Waals surface area (Å²) < 4.78 is 1.32. The zero-order chi connectivity index (χ0) is 12.5. The fraction of sp³-hybridized carbons (Fsp3) is 0.533. The molecule has 0 spiro atoms. The van der Waals surface area contributed by atoms with Gasteiger partial charge in [-0.1, -0.05) is 19.9 Å². The molecule has 0 radical (unpaired) electrons. The van der Waals surface area contributed by atoms with Crippen molar-refractivity contribution in [2.24, 2.45) is 0 Å². The Balaban J connectivity index is 1.85. The van der Waals surface area contributed by atoms with Crippen molar-refractivity contribution >= 4 is 21.6 Å². The van der Waals surface area contributed by atoms with E-state index < -0.39 is 0 Å². The first-order valence-corrected chi connectivity index (χ1v) is 7.67. The molecule has 1 aliphatic rings. The van der Waals surface area contributed by atoms with Crippen LogP contribution in [0.4, 0.5) is 0 Å². The molecular formula is C15H20N2S. The monoisotopic (exact) mass is 260 g/mol. The van der Waals surface area contributed by atoms with Gasteiger partial charge in [0.2, 0.25) is 0 Å². The lowest BCUT2D eigenvalue weighted by Gasteiger charge is -2.09. The summed E-state index contributed by atoms with van der Waals surface area (Å²) in [6.45, 7) is 5.60. The van der Waals surface area contributed by atoms with Gasteiger partial charge in [-0.05, 0) is 43.5 Å². The summed E-state index contributed by atoms with van der Waals surface area (Å²) in [6.07, 6.45) is 3.78. The summed E-state index contributed by atoms with van der Waals surface area (Å²) in [7, 11) is 0. The Morgan fingerprint density at radius 2 is 2.33 bits per heavy atom. The molecule has 1 atom stereocenters. The molecule has 0 amide bonds. The number of hydrogen-bond acceptors (Lipinski definition) is 3. The van der Waals surface area contributed by atoms with E-state index in [0.29, 0.717) is 12.0 Å². The molecule has 3 rings (SSSR count). The van der Waals surface area contributed by atoms with Crippen LogP contribution in [0.1, 0.15) is 43.2 Å². The standard InChI is InChI=1S/C15H20N2S/c1-10(2)15-17-13-9-11(5-6-14(13)18-15)8-12-4-3-7-16-12/h5-6,9-10,12,16H,3-4,7-8H2,1-2H3. The SMILES string of the molecule is CC(C)c1nc2cc(CC3CCCN3)ccc2s1. The van der Waals surface area contributed by atoms with Crippen LogP contribution in [-0.4, -0.2) is 17.6 Å². The van der Waals surface area contributed by atoms with Crippen LogP contribution in [0.3, 0.4) is 0 Å². The van der Waals surface area contributed by atoms with E-state index in [1.54, 1.807) is 0 Å². The Hall–Kier alpha value is -0.930. The quantitative estimate of drug-likeness (QED) is 0.910. The first-order chi connectivity index (χ1) is 8.72. The van der Waals surface area contributed by atoms with E-state index in [9.17, 15) is 0 Å². The van der Waals surface area contributed by atoms with Crippen molar-refractivity contribution in [3.63, 3.8) is 0 Å². The number of benzene rings is 1. The lowest BCUT2D eigenvalue weighted by atomic mass is 10.0. The summed E-state index contributed by atoms with van der Waals surface area (Å²) >= 11 is 1.83. The molecule has 18 heavy (non-hydrogen) atoms. The fourth-order valence-corrected chi connectivity index (χ4v) is 3.53. The third-order valence-electron chi connectivity index (χ3n) is 3.61. The van der Waals surface area contributed by atoms with Crippen molar-refractivity contribution in [3.05, 3.63) is 28.8 Å². The van der Waals surface area contributed by atoms with Gasteiger partial charge in [-0.15, -0.1) is 11.3 Å². The smallest absolute Gasteiger partial charge is 0.0963 e. The molecule has 1 N–H and O–H groups in total. The lowest BCUT2D eigenvalue weighted by Crippen LogP contribution is -2.23. The molecule has 0 bridgehead atoms. The molecule has 2 heterocycles. The normalized spacial score (nSPS) is 20.1. The van der Waals surface area contributed by atoms with Gasteiger partial charge in [-0.2, -0.15) is 0 Å². The first kappa shape index (κ1) is 12.1. The van der Waals surface area contributed by atoms with Crippen LogP contribution in [0.5, 0.6) is 0 Å². The Kier molecular flexibility index (Phi) is 3.35. The molecule has 3 heteroatoms. The minimum Gasteiger partial charge on any atom is -0.314 e. The van der Waals surface area contributed by atoms with Crippen LogP contribution in [0.25, 0.3) is 10.2 Å². The predicted octanol–water partition coefficient (Wildman–Crippen LogP) is 3.71. The minimum atomic E-state index is 0.530. The van der Waals surface area contributed by atoms with Gasteiger partial charge >= 0.3 is 0 Å². The Morgan fingerprint density at radius 3 is 3.06 bits per heavy atom. The highest BCUT2D eigenvalue weighted by atomic mass is 32.1. The highest BCUT2D eigenvalue weighted by molar-refractivity contribution is 7.18. The number of fused-ring (bicyclic) bond motifs is 1. The van der Waals surface area contributed by atoms with Gasteiger partial charge in [0.1, 0.15) is 0 Å². The predicted molar refractivity (Wildman–Crippen MR) is 78.4 cm³/mol. The molecular weight excluding hydrogens is 240 g/mol. The molecule has 2 nitrogen and oxygen atoms in total. The van der Waals surface area contributed by atoms with Crippen molar-refractivity contribution < 1.29 is 0 Å². The average Bonchev–Trinajstić information content (AvgIpc) is 2.96. The van der Waals surface area contributed by atoms with Crippen molar-refractivity contribution in [1.82, 2.24) is 10.3 Å². The minimum absolute atomic E-state index is 0.530. The highest BCUT2D eigenvalue weighted by Crippen LogP contribution is 2.28. The van der Waals surface area contributed by atoms with Crippen molar-refractivity contribution in [2.75, 3.05) is 6.54 Å². The maximum Gasteiger partial charge on any atom is 0.0963 e. The Morgan fingerprint density at radius 1 is 1.44 bits per heavy atom. The molecule has 1 fully saturated rings. The van der Waals surface area contributed by atoms with Gasteiger partial charge in [-0.25, -0.2) is 4.98 Å². The molecule has 1 unspecified atom stereocenters. The van der Waals surface area contributed by atoms with Gasteiger partial charge in [0, 0.05) is 12.0 Å². The molecule has 1 aromatic carbocycles. The fourth-order valence-electron chi connectivity index (χ4n) is 2.58. The van der Waals surface area contributed by atoms with E-state index in [1.807, 2.05) is 11.3 Å². The van der Waals surface area contributed by atoms with Crippen LogP contribution < -0.4 is 5.32 Å². The van der Waals surface area contributed by atoms with Crippen molar-refractivity contribution in [2.45, 2.75) is 45.1 Å². The van der Waals surface area contributed by atoms with Gasteiger partial charge in [0.15, 0.2) is 0 Å². The first-order valence-electron chi connectivity index (χ1n) is 6.85. The van der Waals surface area contributed by atoms with E-state index >= 15 is 0 Å². The maximum atomic E-state index is 4.75. The second-order valence-corrected chi connectivity index (χ2v) is 6.57. The zero-order valence-electron chi connectivity index (χ0n) is 11.1. The summed E-state index contributed by atoms with van der Waals surface area (Å²) in [4.78, 5) is 4.75. The molecule has 1 aromatic heterocycles. The summed E-state index contributed by atoms with van der Waals surface area (Å²) in [6, 6.07) is 7.46. The lowest BCUT2D eigenvalue weighted by molar-refractivity contribution is 0.603. The van der Waals surface area contributed by atoms with Crippen LogP contribution in [0.15, 0.2) is 18.2 Å². The maximum absolute atomic E-state index is 4.75. The van der Waals surface area contributed by atoms with Gasteiger partial charge < -0.3 is 5.32 Å². The molecule has 0 aliphatic carbocycles. The van der Waals surface area contributed by atoms with E-state index in [-0.39, 0.29) is 0 Å². The third kappa shape index (κ3) is 2.43. The van der Waals surface area contributed by atoms with Crippen LogP contribution in [-0.2, 0) is 6.42 Å². The third-order valence-corrected chi connectivity index (χ3v) is 4.94. The summed E-state index contributed by atoms with van der Waals surface area (Å²) in [5, 5.41) is 4.81. The van der Waals surface area contributed by atoms with Crippen LogP contribution >= 0.6 is 11.3 Å². The van der Waals surface area contributed by atoms with Crippen LogP contribution in [0.2, 0.25) is 0 Å². The molecule has 1 saturated heterocycles. The summed E-state index contributed by atoms with van der Waals surface area (Å²) in [5.74, 6) is 0.530. The largest absolute Gasteiger partial charge is 0.314 e. The van der Waals surface area contributed by atoms with E-state index in [2.05, 4.69) is 37.4 Å². The van der Waals surface area contributed by atoms with Crippen molar-refractivity contribution in [1.29, 1.82) is 0 Å². The second-order valence-electron chi connectivity index (χ2n) is 5.51. The van der Waals surface area contributed by atoms with Gasteiger partial charge in [0.25, 0.3) is 0 Å². The van der Waals surface area contributed by atoms with E-state index in [1.165, 1.54) is 40.2 Å². The molecule has 1 aliphatic heterocycles. The van der Waals surface area contributed by atoms with Crippen LogP contribution in [0, 0.1) is 0 Å². The average molecular weight is 260 g/mol. The van der Waals surface area contributed by atoms with Gasteiger partial charge in [0.05, 0.1) is 15.2 Å². The van der Waals surface area contributed by atoms with E-state index in [0.717, 1.165) is 6.42 Å². The molecule has 0 saturated carbocycles. The zero-order valence-corrected chi connectivity index (χ0v) is 11.9. The Bertz CT molecular complexity index is 538. The summed E-state index contributed by atoms with van der Waals surface area (Å²) in [5.41, 5.74) is 2.60. The van der Waals surface area contributed by atoms with Crippen molar-refractivity contribution in [3.8, 4) is 0 Å². The number of rotatable bonds is 3. The van der Waals surface area contributed by atoms with Gasteiger partial charge in [-0.3, -0.25) is 0 Å². The number of thiazole rings is 1.